The Bertz CT molecular complexity index is 1250. The molecular weight excluding hydrogens is 757 g/mol. The number of rotatable bonds is 43. The summed E-state index contributed by atoms with van der Waals surface area (Å²) in [6.45, 7) is 6.39. The minimum Gasteiger partial charge on any atom is -0.462 e. The number of hydrogen-bond acceptors (Lipinski definition) is 6. The van der Waals surface area contributed by atoms with Gasteiger partial charge in [0.1, 0.15) is 13.2 Å². The van der Waals surface area contributed by atoms with Crippen molar-refractivity contribution in [2.75, 3.05) is 13.2 Å². The van der Waals surface area contributed by atoms with Crippen LogP contribution in [0.3, 0.4) is 0 Å². The minimum absolute atomic E-state index is 0.0980. The first-order valence-corrected chi connectivity index (χ1v) is 24.7. The summed E-state index contributed by atoms with van der Waals surface area (Å²) in [5, 5.41) is 0. The number of hydrogen-bond donors (Lipinski definition) is 0. The maximum atomic E-state index is 12.7. The molecular formula is C55H90O6. The Morgan fingerprint density at radius 3 is 1.07 bits per heavy atom. The van der Waals surface area contributed by atoms with E-state index in [9.17, 15) is 14.4 Å². The number of unbranched alkanes of at least 4 members (excludes halogenated alkanes) is 16. The van der Waals surface area contributed by atoms with E-state index in [2.05, 4.69) is 118 Å². The summed E-state index contributed by atoms with van der Waals surface area (Å²) in [5.41, 5.74) is 0. The van der Waals surface area contributed by atoms with E-state index in [1.54, 1.807) is 0 Å². The molecule has 0 saturated heterocycles. The normalized spacial score (nSPS) is 12.9. The molecule has 6 nitrogen and oxygen atoms in total. The summed E-state index contributed by atoms with van der Waals surface area (Å²) in [6, 6.07) is 0. The molecule has 0 aliphatic heterocycles. The Morgan fingerprint density at radius 2 is 0.639 bits per heavy atom. The van der Waals surface area contributed by atoms with Gasteiger partial charge in [0, 0.05) is 19.3 Å². The highest BCUT2D eigenvalue weighted by Crippen LogP contribution is 2.12. The van der Waals surface area contributed by atoms with Gasteiger partial charge in [-0.3, -0.25) is 14.4 Å². The van der Waals surface area contributed by atoms with E-state index in [0.717, 1.165) is 122 Å². The first-order valence-electron chi connectivity index (χ1n) is 24.7. The third-order valence-electron chi connectivity index (χ3n) is 10.1. The molecule has 61 heavy (non-hydrogen) atoms. The Labute approximate surface area is 375 Å². The molecule has 0 aliphatic carbocycles. The van der Waals surface area contributed by atoms with Crippen molar-refractivity contribution in [3.63, 3.8) is 0 Å². The molecule has 1 unspecified atom stereocenters. The second kappa shape index (κ2) is 49.0. The van der Waals surface area contributed by atoms with Gasteiger partial charge in [-0.25, -0.2) is 0 Å². The number of esters is 3. The van der Waals surface area contributed by atoms with Crippen LogP contribution in [-0.4, -0.2) is 37.2 Å². The zero-order valence-corrected chi connectivity index (χ0v) is 39.4. The molecule has 0 aliphatic rings. The van der Waals surface area contributed by atoms with E-state index < -0.39 is 6.10 Å². The fourth-order valence-electron chi connectivity index (χ4n) is 6.36. The van der Waals surface area contributed by atoms with E-state index in [1.807, 2.05) is 0 Å². The largest absolute Gasteiger partial charge is 0.462 e. The maximum absolute atomic E-state index is 12.7. The zero-order chi connectivity index (χ0) is 44.4. The molecule has 0 rings (SSSR count). The van der Waals surface area contributed by atoms with Crippen LogP contribution in [0, 0.1) is 0 Å². The standard InChI is InChI=1S/C55H90O6/c1-4-7-10-13-16-18-20-22-24-25-26-27-28-29-31-32-34-36-39-42-45-48-54(57)60-51-52(50-59-53(56)47-44-41-38-15-12-9-6-3)61-55(58)49-46-43-40-37-35-33-30-23-21-19-17-14-11-8-5-2/h7,10,16-19,22-24,26-27,29-31,34,36,52H,4-6,8-9,11-15,20-21,25,28,32-33,35,37-51H2,1-3H3/b10-7-,18-16-,19-17-,24-22-,27-26-,30-23-,31-29-,36-34-. The van der Waals surface area contributed by atoms with Gasteiger partial charge in [0.2, 0.25) is 0 Å². The highest BCUT2D eigenvalue weighted by molar-refractivity contribution is 5.71. The van der Waals surface area contributed by atoms with Crippen LogP contribution >= 0.6 is 0 Å². The predicted octanol–water partition coefficient (Wildman–Crippen LogP) is 16.2. The van der Waals surface area contributed by atoms with Gasteiger partial charge in [0.25, 0.3) is 0 Å². The molecule has 0 spiro atoms. The summed E-state index contributed by atoms with van der Waals surface area (Å²) in [6.07, 6.45) is 64.0. The molecule has 1 atom stereocenters. The Kier molecular flexibility index (Phi) is 46.0. The lowest BCUT2D eigenvalue weighted by molar-refractivity contribution is -0.167. The Hall–Kier alpha value is -3.67. The molecule has 0 saturated carbocycles. The van der Waals surface area contributed by atoms with Crippen molar-refractivity contribution >= 4 is 17.9 Å². The van der Waals surface area contributed by atoms with E-state index >= 15 is 0 Å². The second-order valence-corrected chi connectivity index (χ2v) is 16.0. The van der Waals surface area contributed by atoms with Gasteiger partial charge in [0.05, 0.1) is 0 Å². The van der Waals surface area contributed by atoms with E-state index in [-0.39, 0.29) is 31.1 Å². The van der Waals surface area contributed by atoms with E-state index in [4.69, 9.17) is 14.2 Å². The molecule has 0 aromatic heterocycles. The third-order valence-corrected chi connectivity index (χ3v) is 10.1. The van der Waals surface area contributed by atoms with Crippen molar-refractivity contribution in [3.8, 4) is 0 Å². The summed E-state index contributed by atoms with van der Waals surface area (Å²) >= 11 is 0. The number of carbonyl (C=O) groups excluding carboxylic acids is 3. The van der Waals surface area contributed by atoms with Crippen molar-refractivity contribution in [2.24, 2.45) is 0 Å². The summed E-state index contributed by atoms with van der Waals surface area (Å²) in [5.74, 6) is -0.970. The van der Waals surface area contributed by atoms with Crippen molar-refractivity contribution < 1.29 is 28.6 Å². The molecule has 0 radical (unpaired) electrons. The van der Waals surface area contributed by atoms with Crippen LogP contribution in [0.25, 0.3) is 0 Å². The van der Waals surface area contributed by atoms with E-state index in [1.165, 1.54) is 51.4 Å². The van der Waals surface area contributed by atoms with Gasteiger partial charge in [-0.1, -0.05) is 189 Å². The highest BCUT2D eigenvalue weighted by Gasteiger charge is 2.19. The lowest BCUT2D eigenvalue weighted by atomic mass is 10.1. The van der Waals surface area contributed by atoms with Crippen LogP contribution < -0.4 is 0 Å². The van der Waals surface area contributed by atoms with Crippen molar-refractivity contribution in [1.82, 2.24) is 0 Å². The number of carbonyl (C=O) groups is 3. The van der Waals surface area contributed by atoms with Crippen molar-refractivity contribution in [2.45, 2.75) is 219 Å². The molecule has 0 amide bonds. The van der Waals surface area contributed by atoms with Crippen LogP contribution in [-0.2, 0) is 28.6 Å². The smallest absolute Gasteiger partial charge is 0.306 e. The fraction of sp³-hybridized carbons (Fsp3) is 0.655. The Morgan fingerprint density at radius 1 is 0.344 bits per heavy atom. The van der Waals surface area contributed by atoms with Crippen LogP contribution in [0.1, 0.15) is 213 Å². The van der Waals surface area contributed by atoms with Gasteiger partial charge in [-0.05, 0) is 103 Å². The first kappa shape index (κ1) is 57.3. The van der Waals surface area contributed by atoms with E-state index in [0.29, 0.717) is 19.3 Å². The quantitative estimate of drug-likeness (QED) is 0.0263. The minimum atomic E-state index is -0.800. The van der Waals surface area contributed by atoms with Crippen molar-refractivity contribution in [1.29, 1.82) is 0 Å². The molecule has 6 heteroatoms. The number of ether oxygens (including phenoxy) is 3. The zero-order valence-electron chi connectivity index (χ0n) is 39.4. The lowest BCUT2D eigenvalue weighted by Crippen LogP contribution is -2.30. The van der Waals surface area contributed by atoms with Crippen LogP contribution in [0.4, 0.5) is 0 Å². The fourth-order valence-corrected chi connectivity index (χ4v) is 6.36. The molecule has 0 bridgehead atoms. The molecule has 0 aromatic carbocycles. The van der Waals surface area contributed by atoms with Crippen LogP contribution in [0.15, 0.2) is 97.2 Å². The average molecular weight is 847 g/mol. The monoisotopic (exact) mass is 847 g/mol. The first-order chi connectivity index (χ1) is 30.0. The molecule has 0 fully saturated rings. The predicted molar refractivity (Wildman–Crippen MR) is 260 cm³/mol. The van der Waals surface area contributed by atoms with Crippen LogP contribution in [0.5, 0.6) is 0 Å². The third kappa shape index (κ3) is 47.2. The molecule has 0 N–H and O–H groups in total. The lowest BCUT2D eigenvalue weighted by Gasteiger charge is -2.18. The Balaban J connectivity index is 4.39. The van der Waals surface area contributed by atoms with Gasteiger partial charge >= 0.3 is 17.9 Å². The van der Waals surface area contributed by atoms with Gasteiger partial charge in [0.15, 0.2) is 6.10 Å². The second-order valence-electron chi connectivity index (χ2n) is 16.0. The average Bonchev–Trinajstić information content (AvgIpc) is 3.26. The SMILES string of the molecule is CC/C=C\C/C=C\C/C=C\C/C=C\C/C=C\C/C=C\CCCCC(=O)OCC(COC(=O)CCCCCCCCC)OC(=O)CCCCCCC/C=C\C/C=C\CCCCC. The topological polar surface area (TPSA) is 78.9 Å². The molecule has 346 valence electrons. The summed E-state index contributed by atoms with van der Waals surface area (Å²) in [4.78, 5) is 37.7. The summed E-state index contributed by atoms with van der Waals surface area (Å²) in [7, 11) is 0. The molecule has 0 aromatic rings. The summed E-state index contributed by atoms with van der Waals surface area (Å²) < 4.78 is 16.7. The maximum Gasteiger partial charge on any atom is 0.306 e. The molecule has 0 heterocycles. The van der Waals surface area contributed by atoms with Gasteiger partial charge < -0.3 is 14.2 Å². The van der Waals surface area contributed by atoms with Gasteiger partial charge in [-0.2, -0.15) is 0 Å². The highest BCUT2D eigenvalue weighted by atomic mass is 16.6. The van der Waals surface area contributed by atoms with Crippen molar-refractivity contribution in [3.05, 3.63) is 97.2 Å². The van der Waals surface area contributed by atoms with Gasteiger partial charge in [-0.15, -0.1) is 0 Å². The number of allylic oxidation sites excluding steroid dienone is 16. The van der Waals surface area contributed by atoms with Crippen LogP contribution in [0.2, 0.25) is 0 Å².